The molecule has 0 bridgehead atoms. The van der Waals surface area contributed by atoms with Crippen molar-refractivity contribution in [3.63, 3.8) is 0 Å². The van der Waals surface area contributed by atoms with Crippen molar-refractivity contribution in [3.05, 3.63) is 35.9 Å². The van der Waals surface area contributed by atoms with Gasteiger partial charge in [-0.25, -0.2) is 9.18 Å². The van der Waals surface area contributed by atoms with Crippen molar-refractivity contribution in [2.24, 2.45) is 0 Å². The van der Waals surface area contributed by atoms with Crippen molar-refractivity contribution < 1.29 is 14.3 Å². The third-order valence-corrected chi connectivity index (χ3v) is 2.45. The molecule has 0 aromatic heterocycles. The topological polar surface area (TPSA) is 37.3 Å². The molecular weight excluding hydrogens is 171 g/mol. The van der Waals surface area contributed by atoms with Crippen LogP contribution in [0.2, 0.25) is 0 Å². The number of alkyl halides is 1. The van der Waals surface area contributed by atoms with Gasteiger partial charge >= 0.3 is 5.97 Å². The lowest BCUT2D eigenvalue weighted by Crippen LogP contribution is -2.17. The maximum absolute atomic E-state index is 13.4. The van der Waals surface area contributed by atoms with Crippen molar-refractivity contribution in [2.75, 3.05) is 0 Å². The fraction of sp³-hybridized carbons (Fsp3) is 0.300. The molecule has 1 saturated carbocycles. The lowest BCUT2D eigenvalue weighted by molar-refractivity contribution is -0.144. The van der Waals surface area contributed by atoms with Gasteiger partial charge in [0.2, 0.25) is 5.67 Å². The summed E-state index contributed by atoms with van der Waals surface area (Å²) < 4.78 is 13.4. The maximum Gasteiger partial charge on any atom is 0.342 e. The first-order chi connectivity index (χ1) is 6.14. The molecule has 0 heterocycles. The summed E-state index contributed by atoms with van der Waals surface area (Å²) in [5.41, 5.74) is -1.24. The molecule has 1 fully saturated rings. The van der Waals surface area contributed by atoms with E-state index in [0.717, 1.165) is 5.56 Å². The minimum Gasteiger partial charge on any atom is -0.479 e. The molecule has 0 amide bonds. The Kier molecular flexibility index (Phi) is 1.62. The largest absolute Gasteiger partial charge is 0.479 e. The van der Waals surface area contributed by atoms with E-state index in [1.165, 1.54) is 0 Å². The van der Waals surface area contributed by atoms with Crippen molar-refractivity contribution in [3.8, 4) is 0 Å². The molecule has 1 aliphatic rings. The molecule has 1 N–H and O–H groups in total. The van der Waals surface area contributed by atoms with Crippen LogP contribution in [-0.2, 0) is 4.79 Å². The van der Waals surface area contributed by atoms with Crippen molar-refractivity contribution >= 4 is 5.97 Å². The third kappa shape index (κ3) is 1.20. The number of carboxylic acids is 1. The standard InChI is InChI=1S/C10H9FO2/c11-10(9(12)13)6-8(10)7-4-2-1-3-5-7/h1-5,8H,6H2,(H,12,13). The van der Waals surface area contributed by atoms with Crippen LogP contribution in [0.5, 0.6) is 0 Å². The van der Waals surface area contributed by atoms with Crippen LogP contribution in [-0.4, -0.2) is 16.7 Å². The average molecular weight is 180 g/mol. The van der Waals surface area contributed by atoms with Gasteiger partial charge in [-0.3, -0.25) is 0 Å². The van der Waals surface area contributed by atoms with Gasteiger partial charge in [-0.05, 0) is 5.56 Å². The number of carbonyl (C=O) groups is 1. The van der Waals surface area contributed by atoms with Crippen LogP contribution in [0.25, 0.3) is 0 Å². The summed E-state index contributed by atoms with van der Waals surface area (Å²) in [5.74, 6) is -1.80. The molecule has 2 nitrogen and oxygen atoms in total. The van der Waals surface area contributed by atoms with E-state index in [-0.39, 0.29) is 6.42 Å². The van der Waals surface area contributed by atoms with Gasteiger partial charge in [-0.1, -0.05) is 30.3 Å². The highest BCUT2D eigenvalue weighted by atomic mass is 19.1. The van der Waals surface area contributed by atoms with Crippen molar-refractivity contribution in [1.82, 2.24) is 0 Å². The Hall–Kier alpha value is -1.38. The van der Waals surface area contributed by atoms with Gasteiger partial charge in [0.15, 0.2) is 0 Å². The van der Waals surface area contributed by atoms with Gasteiger partial charge in [0, 0.05) is 12.3 Å². The van der Waals surface area contributed by atoms with E-state index < -0.39 is 17.6 Å². The lowest BCUT2D eigenvalue weighted by Gasteiger charge is -2.00. The molecule has 1 aromatic carbocycles. The van der Waals surface area contributed by atoms with E-state index in [9.17, 15) is 9.18 Å². The molecule has 0 spiro atoms. The second-order valence-electron chi connectivity index (χ2n) is 3.34. The van der Waals surface area contributed by atoms with Crippen LogP contribution in [0.4, 0.5) is 4.39 Å². The Balaban J connectivity index is 2.21. The van der Waals surface area contributed by atoms with Gasteiger partial charge < -0.3 is 5.11 Å². The first kappa shape index (κ1) is 8.23. The van der Waals surface area contributed by atoms with Crippen LogP contribution in [0, 0.1) is 0 Å². The van der Waals surface area contributed by atoms with Gasteiger partial charge in [-0.2, -0.15) is 0 Å². The normalized spacial score (nSPS) is 31.3. The fourth-order valence-corrected chi connectivity index (χ4v) is 1.54. The number of halogens is 1. The monoisotopic (exact) mass is 180 g/mol. The number of benzene rings is 1. The highest BCUT2D eigenvalue weighted by Gasteiger charge is 2.62. The summed E-state index contributed by atoms with van der Waals surface area (Å²) in [6.07, 6.45) is 0.104. The molecular formula is C10H9FO2. The van der Waals surface area contributed by atoms with Gasteiger partial charge in [-0.15, -0.1) is 0 Å². The van der Waals surface area contributed by atoms with Crippen LogP contribution in [0.3, 0.4) is 0 Å². The Morgan fingerprint density at radius 3 is 2.54 bits per heavy atom. The molecule has 0 saturated heterocycles. The number of rotatable bonds is 2. The van der Waals surface area contributed by atoms with Crippen molar-refractivity contribution in [1.29, 1.82) is 0 Å². The van der Waals surface area contributed by atoms with Crippen LogP contribution < -0.4 is 0 Å². The van der Waals surface area contributed by atoms with Gasteiger partial charge in [0.25, 0.3) is 0 Å². The molecule has 2 unspecified atom stereocenters. The molecule has 1 aromatic rings. The summed E-state index contributed by atoms with van der Waals surface area (Å²) in [6.45, 7) is 0. The van der Waals surface area contributed by atoms with E-state index in [4.69, 9.17) is 5.11 Å². The van der Waals surface area contributed by atoms with E-state index in [1.807, 2.05) is 6.07 Å². The molecule has 2 rings (SSSR count). The molecule has 1 aliphatic carbocycles. The SMILES string of the molecule is O=C(O)C1(F)CC1c1ccccc1. The molecule has 0 aliphatic heterocycles. The lowest BCUT2D eigenvalue weighted by atomic mass is 10.1. The highest BCUT2D eigenvalue weighted by Crippen LogP contribution is 2.54. The average Bonchev–Trinajstić information content (AvgIpc) is 2.81. The van der Waals surface area contributed by atoms with E-state index >= 15 is 0 Å². The maximum atomic E-state index is 13.4. The van der Waals surface area contributed by atoms with E-state index in [1.54, 1.807) is 24.3 Å². The minimum atomic E-state index is -2.01. The Morgan fingerprint density at radius 1 is 1.46 bits per heavy atom. The van der Waals surface area contributed by atoms with E-state index in [2.05, 4.69) is 0 Å². The summed E-state index contributed by atoms with van der Waals surface area (Å²) in [4.78, 5) is 10.5. The minimum absolute atomic E-state index is 0.104. The highest BCUT2D eigenvalue weighted by molar-refractivity contribution is 5.83. The summed E-state index contributed by atoms with van der Waals surface area (Å²) in [7, 11) is 0. The first-order valence-corrected chi connectivity index (χ1v) is 4.12. The number of hydrogen-bond acceptors (Lipinski definition) is 1. The zero-order chi connectivity index (χ0) is 9.47. The quantitative estimate of drug-likeness (QED) is 0.755. The summed E-state index contributed by atoms with van der Waals surface area (Å²) in [5, 5.41) is 8.57. The van der Waals surface area contributed by atoms with E-state index in [0.29, 0.717) is 0 Å². The second kappa shape index (κ2) is 2.55. The predicted molar refractivity (Wildman–Crippen MR) is 45.3 cm³/mol. The summed E-state index contributed by atoms with van der Waals surface area (Å²) >= 11 is 0. The van der Waals surface area contributed by atoms with Gasteiger partial charge in [0.1, 0.15) is 0 Å². The Morgan fingerprint density at radius 2 is 2.08 bits per heavy atom. The van der Waals surface area contributed by atoms with Crippen LogP contribution in [0.1, 0.15) is 17.9 Å². The molecule has 3 heteroatoms. The zero-order valence-electron chi connectivity index (χ0n) is 6.90. The smallest absolute Gasteiger partial charge is 0.342 e. The first-order valence-electron chi connectivity index (χ1n) is 4.12. The zero-order valence-corrected chi connectivity index (χ0v) is 6.90. The molecule has 0 radical (unpaired) electrons. The number of hydrogen-bond donors (Lipinski definition) is 1. The number of carboxylic acid groups (broad SMARTS) is 1. The molecule has 13 heavy (non-hydrogen) atoms. The van der Waals surface area contributed by atoms with Gasteiger partial charge in [0.05, 0.1) is 0 Å². The molecule has 68 valence electrons. The predicted octanol–water partition coefficient (Wildman–Crippen LogP) is 1.97. The molecule has 2 atom stereocenters. The van der Waals surface area contributed by atoms with Crippen LogP contribution >= 0.6 is 0 Å². The third-order valence-electron chi connectivity index (χ3n) is 2.45. The summed E-state index contributed by atoms with van der Waals surface area (Å²) in [6, 6.07) is 8.92. The second-order valence-corrected chi connectivity index (χ2v) is 3.34. The Bertz CT molecular complexity index is 336. The number of aliphatic carboxylic acids is 1. The fourth-order valence-electron chi connectivity index (χ4n) is 1.54. The van der Waals surface area contributed by atoms with Crippen LogP contribution in [0.15, 0.2) is 30.3 Å². The Labute approximate surface area is 75.0 Å². The van der Waals surface area contributed by atoms with Crippen molar-refractivity contribution in [2.45, 2.75) is 18.0 Å².